The van der Waals surface area contributed by atoms with E-state index in [1.54, 1.807) is 0 Å². The van der Waals surface area contributed by atoms with Crippen molar-refractivity contribution in [3.63, 3.8) is 0 Å². The Hall–Kier alpha value is -3.57. The zero-order chi connectivity index (χ0) is 22.2. The quantitative estimate of drug-likeness (QED) is 0.608. The molecule has 0 aliphatic carbocycles. The maximum absolute atomic E-state index is 13.1. The molecule has 0 aliphatic heterocycles. The third kappa shape index (κ3) is 3.93. The van der Waals surface area contributed by atoms with Crippen molar-refractivity contribution in [2.75, 3.05) is 7.11 Å². The Morgan fingerprint density at radius 3 is 2.50 bits per heavy atom. The summed E-state index contributed by atoms with van der Waals surface area (Å²) >= 11 is 0. The second-order valence-corrected chi connectivity index (χ2v) is 6.17. The molecule has 0 spiro atoms. The number of carbonyl (C=O) groups excluding carboxylic acids is 1. The van der Waals surface area contributed by atoms with Crippen LogP contribution in [0.3, 0.4) is 0 Å². The molecule has 30 heavy (non-hydrogen) atoms. The van der Waals surface area contributed by atoms with Crippen LogP contribution in [0.2, 0.25) is 0 Å². The molecule has 0 saturated heterocycles. The summed E-state index contributed by atoms with van der Waals surface area (Å²) in [6.45, 7) is 1.44. The molecule has 2 radical (unpaired) electrons. The maximum atomic E-state index is 13.1. The minimum atomic E-state index is -4.67. The van der Waals surface area contributed by atoms with Crippen LogP contribution in [0, 0.1) is 0 Å². The Balaban J connectivity index is 2.22. The molecule has 2 heterocycles. The molecule has 0 unspecified atom stereocenters. The molecular weight excluding hydrogens is 406 g/mol. The maximum Gasteiger partial charge on any atom is 0.433 e. The summed E-state index contributed by atoms with van der Waals surface area (Å²) in [6, 6.07) is 3.83. The van der Waals surface area contributed by atoms with E-state index in [1.165, 1.54) is 32.2 Å². The first-order chi connectivity index (χ1) is 14.0. The molecule has 8 nitrogen and oxygen atoms in total. The number of hydrogen-bond acceptors (Lipinski definition) is 6. The molecule has 2 N–H and O–H groups in total. The molecule has 1 atom stereocenters. The highest BCUT2D eigenvalue weighted by molar-refractivity contribution is 6.57. The van der Waals surface area contributed by atoms with Gasteiger partial charge in [0.15, 0.2) is 17.3 Å². The van der Waals surface area contributed by atoms with Gasteiger partial charge in [0.1, 0.15) is 17.0 Å². The number of halogens is 3. The van der Waals surface area contributed by atoms with Crippen molar-refractivity contribution in [1.82, 2.24) is 15.3 Å². The highest BCUT2D eigenvalue weighted by atomic mass is 19.4. The van der Waals surface area contributed by atoms with Gasteiger partial charge in [-0.3, -0.25) is 4.79 Å². The number of aromatic carboxylic acids is 1. The van der Waals surface area contributed by atoms with Crippen molar-refractivity contribution in [2.24, 2.45) is 0 Å². The number of alkyl halides is 3. The van der Waals surface area contributed by atoms with Gasteiger partial charge in [-0.2, -0.15) is 13.2 Å². The molecule has 154 valence electrons. The number of oxazole rings is 1. The summed E-state index contributed by atoms with van der Waals surface area (Å²) in [6.07, 6.45) is -4.67. The van der Waals surface area contributed by atoms with Gasteiger partial charge >= 0.3 is 12.1 Å². The van der Waals surface area contributed by atoms with Crippen molar-refractivity contribution in [3.05, 3.63) is 41.4 Å². The van der Waals surface area contributed by atoms with Crippen LogP contribution in [0.15, 0.2) is 28.7 Å². The number of ether oxygens (including phenoxy) is 1. The van der Waals surface area contributed by atoms with Gasteiger partial charge in [-0.05, 0) is 31.2 Å². The molecular formula is C18H13BF3N3O5. The zero-order valence-corrected chi connectivity index (χ0v) is 15.6. The van der Waals surface area contributed by atoms with E-state index in [0.29, 0.717) is 0 Å². The highest BCUT2D eigenvalue weighted by Gasteiger charge is 2.33. The van der Waals surface area contributed by atoms with Crippen molar-refractivity contribution in [2.45, 2.75) is 19.1 Å². The fourth-order valence-electron chi connectivity index (χ4n) is 2.87. The van der Waals surface area contributed by atoms with Crippen LogP contribution in [0.1, 0.15) is 34.9 Å². The smallest absolute Gasteiger partial charge is 0.433 e. The van der Waals surface area contributed by atoms with Crippen LogP contribution in [0.5, 0.6) is 5.75 Å². The molecule has 0 aliphatic rings. The van der Waals surface area contributed by atoms with E-state index in [-0.39, 0.29) is 33.9 Å². The fraction of sp³-hybridized carbons (Fsp3) is 0.222. The van der Waals surface area contributed by atoms with E-state index in [2.05, 4.69) is 15.3 Å². The van der Waals surface area contributed by atoms with Gasteiger partial charge in [-0.15, -0.1) is 0 Å². The summed E-state index contributed by atoms with van der Waals surface area (Å²) in [7, 11) is 6.33. The third-order valence-electron chi connectivity index (χ3n) is 4.17. The zero-order valence-electron chi connectivity index (χ0n) is 15.6. The van der Waals surface area contributed by atoms with Crippen molar-refractivity contribution < 1.29 is 37.0 Å². The number of methoxy groups -OCH3 is 1. The molecule has 3 rings (SSSR count). The topological polar surface area (TPSA) is 115 Å². The summed E-state index contributed by atoms with van der Waals surface area (Å²) in [4.78, 5) is 30.2. The average molecular weight is 419 g/mol. The summed E-state index contributed by atoms with van der Waals surface area (Å²) in [5.74, 6) is -2.62. The van der Waals surface area contributed by atoms with Crippen molar-refractivity contribution >= 4 is 30.5 Å². The standard InChI is InChI=1S/C18H13BF3N3O5/c1-7(23-17(19)28)14-13(16(26)27)25-15(30-14)9-3-5-10(29-2)12-8(9)4-6-11(24-12)18(20,21)22/h3-7H,1-2H3,(H,23,28)(H,26,27)/t7-/m1/s1. The second-order valence-electron chi connectivity index (χ2n) is 6.17. The van der Waals surface area contributed by atoms with Crippen LogP contribution in [0.25, 0.3) is 22.4 Å². The number of nitrogens with zero attached hydrogens (tertiary/aromatic N) is 2. The summed E-state index contributed by atoms with van der Waals surface area (Å²) in [5.41, 5.74) is -1.52. The molecule has 0 fully saturated rings. The van der Waals surface area contributed by atoms with Gasteiger partial charge in [0.2, 0.25) is 13.7 Å². The fourth-order valence-corrected chi connectivity index (χ4v) is 2.87. The minimum absolute atomic E-state index is 0.0776. The second kappa shape index (κ2) is 7.69. The largest absolute Gasteiger partial charge is 0.494 e. The number of nitrogens with one attached hydrogen (secondary N) is 1. The van der Waals surface area contributed by atoms with Gasteiger partial charge in [0.05, 0.1) is 13.2 Å². The molecule has 0 saturated carbocycles. The van der Waals surface area contributed by atoms with E-state index < -0.39 is 35.4 Å². The van der Waals surface area contributed by atoms with E-state index in [9.17, 15) is 27.9 Å². The summed E-state index contributed by atoms with van der Waals surface area (Å²) in [5, 5.41) is 11.9. The number of rotatable bonds is 5. The first kappa shape index (κ1) is 21.2. The van der Waals surface area contributed by atoms with E-state index in [4.69, 9.17) is 17.0 Å². The number of carboxylic acids is 1. The monoisotopic (exact) mass is 419 g/mol. The third-order valence-corrected chi connectivity index (χ3v) is 4.17. The lowest BCUT2D eigenvalue weighted by atomic mass is 10.1. The number of aromatic nitrogens is 2. The Bertz CT molecular complexity index is 1150. The van der Waals surface area contributed by atoms with E-state index in [1.807, 2.05) is 0 Å². The first-order valence-corrected chi connectivity index (χ1v) is 8.38. The van der Waals surface area contributed by atoms with Crippen LogP contribution >= 0.6 is 0 Å². The Morgan fingerprint density at radius 1 is 1.23 bits per heavy atom. The molecule has 1 aromatic carbocycles. The highest BCUT2D eigenvalue weighted by Crippen LogP contribution is 2.37. The first-order valence-electron chi connectivity index (χ1n) is 8.38. The predicted octanol–water partition coefficient (Wildman–Crippen LogP) is 3.55. The average Bonchev–Trinajstić information content (AvgIpc) is 3.11. The lowest BCUT2D eigenvalue weighted by molar-refractivity contribution is -0.140. The molecule has 1 amide bonds. The summed E-state index contributed by atoms with van der Waals surface area (Å²) < 4.78 is 49.9. The number of amides is 1. The normalized spacial score (nSPS) is 12.6. The Kier molecular flexibility index (Phi) is 5.42. The van der Waals surface area contributed by atoms with Gasteiger partial charge in [-0.1, -0.05) is 0 Å². The van der Waals surface area contributed by atoms with Gasteiger partial charge in [0, 0.05) is 10.9 Å². The lowest BCUT2D eigenvalue weighted by Crippen LogP contribution is -2.25. The minimum Gasteiger partial charge on any atom is -0.494 e. The van der Waals surface area contributed by atoms with Crippen molar-refractivity contribution in [1.29, 1.82) is 0 Å². The van der Waals surface area contributed by atoms with Crippen molar-refractivity contribution in [3.8, 4) is 17.2 Å². The SMILES string of the molecule is [B]C(=O)N[C@H](C)c1oc(-c2ccc(OC)c3nc(C(F)(F)F)ccc23)nc1C(=O)O. The molecule has 12 heteroatoms. The van der Waals surface area contributed by atoms with Crippen LogP contribution in [-0.2, 0) is 6.18 Å². The Labute approximate surface area is 168 Å². The predicted molar refractivity (Wildman–Crippen MR) is 98.5 cm³/mol. The number of hydrogen-bond donors (Lipinski definition) is 2. The molecule has 2 aromatic heterocycles. The molecule has 0 bridgehead atoms. The van der Waals surface area contributed by atoms with Crippen LogP contribution in [0.4, 0.5) is 18.0 Å². The van der Waals surface area contributed by atoms with Crippen LogP contribution in [-0.4, -0.2) is 41.8 Å². The van der Waals surface area contributed by atoms with E-state index in [0.717, 1.165) is 6.07 Å². The van der Waals surface area contributed by atoms with Gasteiger partial charge in [-0.25, -0.2) is 14.8 Å². The molecule has 3 aromatic rings. The number of carbonyl (C=O) groups is 2. The van der Waals surface area contributed by atoms with E-state index >= 15 is 0 Å². The number of carboxylic acid groups (broad SMARTS) is 1. The lowest BCUT2D eigenvalue weighted by Gasteiger charge is -2.11. The van der Waals surface area contributed by atoms with Gasteiger partial charge < -0.3 is 19.6 Å². The number of fused-ring (bicyclic) bond motifs is 1. The van der Waals surface area contributed by atoms with Gasteiger partial charge in [0.25, 0.3) is 0 Å². The Morgan fingerprint density at radius 2 is 1.93 bits per heavy atom. The number of pyridine rings is 1. The number of benzene rings is 1. The van der Waals surface area contributed by atoms with Crippen LogP contribution < -0.4 is 10.1 Å².